The van der Waals surface area contributed by atoms with E-state index < -0.39 is 17.3 Å². The number of hydrogen-bond acceptors (Lipinski definition) is 5. The van der Waals surface area contributed by atoms with Crippen LogP contribution >= 0.6 is 0 Å². The van der Waals surface area contributed by atoms with E-state index in [1.807, 2.05) is 12.1 Å². The van der Waals surface area contributed by atoms with Crippen LogP contribution in [0.15, 0.2) is 76.3 Å². The van der Waals surface area contributed by atoms with E-state index in [0.717, 1.165) is 5.56 Å². The van der Waals surface area contributed by atoms with Gasteiger partial charge < -0.3 is 20.2 Å². The third-order valence-corrected chi connectivity index (χ3v) is 6.69. The van der Waals surface area contributed by atoms with Crippen LogP contribution in [0, 0.1) is 0 Å². The number of amides is 3. The lowest BCUT2D eigenvalue weighted by Gasteiger charge is -2.41. The average Bonchev–Trinajstić information content (AvgIpc) is 3.19. The third-order valence-electron chi connectivity index (χ3n) is 6.69. The van der Waals surface area contributed by atoms with E-state index in [0.29, 0.717) is 40.0 Å². The molecule has 3 heterocycles. The van der Waals surface area contributed by atoms with Gasteiger partial charge in [-0.05, 0) is 42.8 Å². The second-order valence-electron chi connectivity index (χ2n) is 8.97. The van der Waals surface area contributed by atoms with Gasteiger partial charge in [0.1, 0.15) is 6.17 Å². The molecule has 10 nitrogen and oxygen atoms in total. The molecule has 0 saturated carbocycles. The summed E-state index contributed by atoms with van der Waals surface area (Å²) in [6, 6.07) is 19.1. The number of benzene rings is 3. The SMILES string of the molecule is O=C(CCCN1C(=O)c2ccccc2N2C(=O)c3ccccc3[C@@H]12)Nc1ccc2[nH]c(=O)c(=O)[nH]c2c1. The van der Waals surface area contributed by atoms with Crippen LogP contribution in [0.25, 0.3) is 11.0 Å². The van der Waals surface area contributed by atoms with Gasteiger partial charge in [0.2, 0.25) is 5.91 Å². The minimum atomic E-state index is -0.773. The molecule has 6 rings (SSSR count). The summed E-state index contributed by atoms with van der Waals surface area (Å²) < 4.78 is 0. The van der Waals surface area contributed by atoms with Crippen molar-refractivity contribution in [1.29, 1.82) is 0 Å². The summed E-state index contributed by atoms with van der Waals surface area (Å²) in [5.41, 5.74) is 2.15. The molecule has 0 saturated heterocycles. The first-order valence-electron chi connectivity index (χ1n) is 11.8. The van der Waals surface area contributed by atoms with Crippen LogP contribution in [0.2, 0.25) is 0 Å². The molecule has 0 bridgehead atoms. The Morgan fingerprint density at radius 1 is 0.811 bits per heavy atom. The van der Waals surface area contributed by atoms with Crippen LogP contribution in [0.1, 0.15) is 45.3 Å². The molecule has 2 aliphatic heterocycles. The highest BCUT2D eigenvalue weighted by molar-refractivity contribution is 6.16. The van der Waals surface area contributed by atoms with Gasteiger partial charge in [-0.15, -0.1) is 0 Å². The molecule has 1 atom stereocenters. The molecular formula is C27H21N5O5. The lowest BCUT2D eigenvalue weighted by molar-refractivity contribution is -0.116. The quantitative estimate of drug-likeness (QED) is 0.366. The standard InChI is InChI=1S/C27H21N5O5/c33-22(28-15-11-12-19-20(14-15)30-24(35)23(34)29-19)10-5-13-31-25-16-6-1-2-7-17(16)27(37)32(25)21-9-4-3-8-18(21)26(31)36/h1-4,6-9,11-12,14,25H,5,10,13H2,(H,28,33)(H,29,34)(H,30,35)/t25-/m0/s1. The Kier molecular flexibility index (Phi) is 5.22. The van der Waals surface area contributed by atoms with Crippen LogP contribution in [-0.2, 0) is 4.79 Å². The van der Waals surface area contributed by atoms with Crippen molar-refractivity contribution in [3.8, 4) is 0 Å². The fourth-order valence-corrected chi connectivity index (χ4v) is 5.03. The summed E-state index contributed by atoms with van der Waals surface area (Å²) in [4.78, 5) is 70.7. The summed E-state index contributed by atoms with van der Waals surface area (Å²) in [5, 5.41) is 2.78. The summed E-state index contributed by atoms with van der Waals surface area (Å²) in [6.45, 7) is 0.273. The van der Waals surface area contributed by atoms with E-state index in [4.69, 9.17) is 0 Å². The van der Waals surface area contributed by atoms with Crippen molar-refractivity contribution in [3.63, 3.8) is 0 Å². The highest BCUT2D eigenvalue weighted by atomic mass is 16.2. The number of anilines is 2. The van der Waals surface area contributed by atoms with Crippen LogP contribution < -0.4 is 21.3 Å². The van der Waals surface area contributed by atoms with Crippen LogP contribution in [0.3, 0.4) is 0 Å². The second-order valence-corrected chi connectivity index (χ2v) is 8.97. The van der Waals surface area contributed by atoms with Crippen molar-refractivity contribution in [1.82, 2.24) is 14.9 Å². The maximum absolute atomic E-state index is 13.5. The molecular weight excluding hydrogens is 474 g/mol. The number of para-hydroxylation sites is 1. The first kappa shape index (κ1) is 22.5. The van der Waals surface area contributed by atoms with Gasteiger partial charge in [-0.25, -0.2) is 0 Å². The Balaban J connectivity index is 1.20. The molecule has 184 valence electrons. The summed E-state index contributed by atoms with van der Waals surface area (Å²) >= 11 is 0. The molecule has 1 aromatic heterocycles. The van der Waals surface area contributed by atoms with E-state index in [9.17, 15) is 24.0 Å². The monoisotopic (exact) mass is 495 g/mol. The predicted octanol–water partition coefficient (Wildman–Crippen LogP) is 2.75. The maximum atomic E-state index is 13.5. The Hall–Kier alpha value is -4.99. The number of hydrogen-bond donors (Lipinski definition) is 3. The molecule has 3 amide bonds. The lowest BCUT2D eigenvalue weighted by Crippen LogP contribution is -2.48. The average molecular weight is 495 g/mol. The van der Waals surface area contributed by atoms with Crippen LogP contribution in [-0.4, -0.2) is 39.1 Å². The zero-order valence-electron chi connectivity index (χ0n) is 19.5. The van der Waals surface area contributed by atoms with Gasteiger partial charge >= 0.3 is 11.1 Å². The fourth-order valence-electron chi connectivity index (χ4n) is 5.03. The van der Waals surface area contributed by atoms with Gasteiger partial charge in [-0.3, -0.25) is 28.9 Å². The van der Waals surface area contributed by atoms with E-state index >= 15 is 0 Å². The zero-order valence-corrected chi connectivity index (χ0v) is 19.5. The zero-order chi connectivity index (χ0) is 25.7. The Morgan fingerprint density at radius 3 is 2.32 bits per heavy atom. The minimum Gasteiger partial charge on any atom is -0.326 e. The number of aromatic amines is 2. The van der Waals surface area contributed by atoms with Crippen molar-refractivity contribution in [3.05, 3.63) is 104 Å². The van der Waals surface area contributed by atoms with E-state index in [2.05, 4.69) is 15.3 Å². The second kappa shape index (κ2) is 8.59. The molecule has 4 aromatic rings. The number of H-pyrrole nitrogens is 2. The van der Waals surface area contributed by atoms with Crippen LogP contribution in [0.4, 0.5) is 11.4 Å². The van der Waals surface area contributed by atoms with E-state index in [1.165, 1.54) is 0 Å². The summed E-state index contributed by atoms with van der Waals surface area (Å²) in [7, 11) is 0. The number of carbonyl (C=O) groups is 3. The Morgan fingerprint density at radius 2 is 1.51 bits per heavy atom. The number of rotatable bonds is 5. The van der Waals surface area contributed by atoms with Gasteiger partial charge in [-0.1, -0.05) is 30.3 Å². The number of fused-ring (bicyclic) bond motifs is 6. The summed E-state index contributed by atoms with van der Waals surface area (Å²) in [6.07, 6.45) is -0.0554. The molecule has 0 spiro atoms. The minimum absolute atomic E-state index is 0.133. The first-order chi connectivity index (χ1) is 17.9. The summed E-state index contributed by atoms with van der Waals surface area (Å²) in [5.74, 6) is -0.607. The van der Waals surface area contributed by atoms with E-state index in [1.54, 1.807) is 64.4 Å². The lowest BCUT2D eigenvalue weighted by atomic mass is 10.0. The topological polar surface area (TPSA) is 135 Å². The molecule has 0 fully saturated rings. The van der Waals surface area contributed by atoms with Crippen molar-refractivity contribution < 1.29 is 14.4 Å². The van der Waals surface area contributed by atoms with Crippen molar-refractivity contribution in [2.24, 2.45) is 0 Å². The van der Waals surface area contributed by atoms with Crippen molar-refractivity contribution in [2.45, 2.75) is 19.0 Å². The van der Waals surface area contributed by atoms with Gasteiger partial charge in [0.05, 0.1) is 22.3 Å². The van der Waals surface area contributed by atoms with Crippen molar-refractivity contribution in [2.75, 3.05) is 16.8 Å². The van der Waals surface area contributed by atoms with Gasteiger partial charge in [0.25, 0.3) is 11.8 Å². The first-order valence-corrected chi connectivity index (χ1v) is 11.8. The molecule has 0 radical (unpaired) electrons. The Bertz CT molecular complexity index is 1720. The van der Waals surface area contributed by atoms with E-state index in [-0.39, 0.29) is 30.7 Å². The van der Waals surface area contributed by atoms with Gasteiger partial charge in [-0.2, -0.15) is 0 Å². The number of aromatic nitrogens is 2. The number of nitrogens with zero attached hydrogens (tertiary/aromatic N) is 2. The molecule has 3 aromatic carbocycles. The maximum Gasteiger partial charge on any atom is 0.314 e. The molecule has 3 N–H and O–H groups in total. The van der Waals surface area contributed by atoms with Gasteiger partial charge in [0, 0.05) is 29.8 Å². The van der Waals surface area contributed by atoms with Crippen molar-refractivity contribution >= 4 is 40.1 Å². The fraction of sp³-hybridized carbons (Fsp3) is 0.148. The molecule has 10 heteroatoms. The number of carbonyl (C=O) groups excluding carboxylic acids is 3. The van der Waals surface area contributed by atoms with Crippen LogP contribution in [0.5, 0.6) is 0 Å². The largest absolute Gasteiger partial charge is 0.326 e. The Labute approximate surface area is 209 Å². The molecule has 0 aliphatic carbocycles. The van der Waals surface area contributed by atoms with Gasteiger partial charge in [0.15, 0.2) is 0 Å². The molecule has 0 unspecified atom stereocenters. The highest BCUT2D eigenvalue weighted by Gasteiger charge is 2.47. The normalized spacial score (nSPS) is 15.9. The third kappa shape index (κ3) is 3.70. The number of nitrogens with one attached hydrogen (secondary N) is 3. The molecule has 2 aliphatic rings. The highest BCUT2D eigenvalue weighted by Crippen LogP contribution is 2.45. The smallest absolute Gasteiger partial charge is 0.314 e. The molecule has 37 heavy (non-hydrogen) atoms. The predicted molar refractivity (Wildman–Crippen MR) is 137 cm³/mol.